The molecule has 0 bridgehead atoms. The van der Waals surface area contributed by atoms with Gasteiger partial charge in [0.25, 0.3) is 11.7 Å². The number of benzene rings is 1. The number of aromatic nitrogens is 1. The van der Waals surface area contributed by atoms with Crippen LogP contribution in [0.1, 0.15) is 6.42 Å². The Hall–Kier alpha value is -2.15. The molecule has 2 heterocycles. The summed E-state index contributed by atoms with van der Waals surface area (Å²) >= 11 is 0. The number of aliphatic hydroxyl groups is 1. The van der Waals surface area contributed by atoms with Crippen molar-refractivity contribution in [3.63, 3.8) is 0 Å². The van der Waals surface area contributed by atoms with Gasteiger partial charge in [-0.3, -0.25) is 10.1 Å². The number of oxazole rings is 1. The number of anilines is 1. The predicted octanol–water partition coefficient (Wildman–Crippen LogP) is 1.31. The molecule has 0 unspecified atom stereocenters. The van der Waals surface area contributed by atoms with Crippen LogP contribution in [0, 0.1) is 10.1 Å². The Balaban J connectivity index is 1.98. The molecule has 1 saturated heterocycles. The molecular weight excluding hydrogens is 238 g/mol. The minimum Gasteiger partial charge on any atom is -0.423 e. The molecule has 7 heteroatoms. The fourth-order valence-corrected chi connectivity index (χ4v) is 2.07. The maximum Gasteiger partial charge on any atom is 0.298 e. The van der Waals surface area contributed by atoms with Crippen LogP contribution in [-0.4, -0.2) is 34.2 Å². The first-order valence-corrected chi connectivity index (χ1v) is 5.61. The van der Waals surface area contributed by atoms with Crippen LogP contribution < -0.4 is 4.90 Å². The van der Waals surface area contributed by atoms with Crippen LogP contribution in [0.2, 0.25) is 0 Å². The van der Waals surface area contributed by atoms with E-state index in [2.05, 4.69) is 4.98 Å². The number of fused-ring (bicyclic) bond motifs is 1. The second-order valence-corrected chi connectivity index (χ2v) is 4.29. The van der Waals surface area contributed by atoms with Gasteiger partial charge in [0.05, 0.1) is 11.0 Å². The van der Waals surface area contributed by atoms with Crippen LogP contribution in [0.4, 0.5) is 11.7 Å². The molecule has 1 aliphatic rings. The lowest BCUT2D eigenvalue weighted by Crippen LogP contribution is -2.21. The Morgan fingerprint density at radius 3 is 3.06 bits per heavy atom. The van der Waals surface area contributed by atoms with Crippen molar-refractivity contribution in [1.29, 1.82) is 0 Å². The van der Waals surface area contributed by atoms with E-state index < -0.39 is 4.92 Å². The van der Waals surface area contributed by atoms with Gasteiger partial charge in [0.1, 0.15) is 5.52 Å². The first-order chi connectivity index (χ1) is 8.63. The third-order valence-corrected chi connectivity index (χ3v) is 3.00. The third-order valence-electron chi connectivity index (χ3n) is 3.00. The summed E-state index contributed by atoms with van der Waals surface area (Å²) in [6.07, 6.45) is 0.313. The minimum atomic E-state index is -0.465. The second kappa shape index (κ2) is 3.95. The normalized spacial score (nSPS) is 19.6. The quantitative estimate of drug-likeness (QED) is 0.637. The number of aliphatic hydroxyl groups excluding tert-OH is 1. The highest BCUT2D eigenvalue weighted by Crippen LogP contribution is 2.27. The summed E-state index contributed by atoms with van der Waals surface area (Å²) in [7, 11) is 0. The summed E-state index contributed by atoms with van der Waals surface area (Å²) in [5.41, 5.74) is 0.960. The summed E-state index contributed by atoms with van der Waals surface area (Å²) in [6, 6.07) is 4.71. The van der Waals surface area contributed by atoms with Crippen molar-refractivity contribution in [2.75, 3.05) is 18.0 Å². The first kappa shape index (κ1) is 11.0. The highest BCUT2D eigenvalue weighted by molar-refractivity contribution is 5.77. The SMILES string of the molecule is O=[N+]([O-])c1ccc2oc(N3CC[C@@H](O)C3)nc2c1. The van der Waals surface area contributed by atoms with Crippen LogP contribution in [0.15, 0.2) is 22.6 Å². The monoisotopic (exact) mass is 249 g/mol. The Kier molecular flexibility index (Phi) is 2.41. The highest BCUT2D eigenvalue weighted by atomic mass is 16.6. The lowest BCUT2D eigenvalue weighted by Gasteiger charge is -2.10. The molecule has 1 N–H and O–H groups in total. The van der Waals surface area contributed by atoms with Crippen molar-refractivity contribution in [3.8, 4) is 0 Å². The smallest absolute Gasteiger partial charge is 0.298 e. The maximum atomic E-state index is 10.7. The van der Waals surface area contributed by atoms with E-state index in [1.165, 1.54) is 18.2 Å². The molecule has 2 aromatic rings. The van der Waals surface area contributed by atoms with E-state index in [1.54, 1.807) is 0 Å². The van der Waals surface area contributed by atoms with Crippen molar-refractivity contribution in [2.45, 2.75) is 12.5 Å². The summed E-state index contributed by atoms with van der Waals surface area (Å²) in [5.74, 6) is 0. The molecule has 0 amide bonds. The van der Waals surface area contributed by atoms with E-state index >= 15 is 0 Å². The number of non-ortho nitro benzene ring substituents is 1. The van der Waals surface area contributed by atoms with Gasteiger partial charge in [-0.1, -0.05) is 0 Å². The molecule has 1 aliphatic heterocycles. The van der Waals surface area contributed by atoms with Crippen LogP contribution >= 0.6 is 0 Å². The average molecular weight is 249 g/mol. The van der Waals surface area contributed by atoms with Gasteiger partial charge in [-0.25, -0.2) is 0 Å². The van der Waals surface area contributed by atoms with E-state index in [4.69, 9.17) is 4.42 Å². The van der Waals surface area contributed by atoms with E-state index in [0.717, 1.165) is 0 Å². The van der Waals surface area contributed by atoms with Gasteiger partial charge in [-0.2, -0.15) is 4.98 Å². The Morgan fingerprint density at radius 2 is 2.39 bits per heavy atom. The minimum absolute atomic E-state index is 0.0104. The fourth-order valence-electron chi connectivity index (χ4n) is 2.07. The lowest BCUT2D eigenvalue weighted by molar-refractivity contribution is -0.384. The first-order valence-electron chi connectivity index (χ1n) is 5.61. The van der Waals surface area contributed by atoms with Gasteiger partial charge < -0.3 is 14.4 Å². The standard InChI is InChI=1S/C11H11N3O4/c15-8-3-4-13(6-8)11-12-9-5-7(14(16)17)1-2-10(9)18-11/h1-2,5,8,15H,3-4,6H2/t8-/m1/s1. The molecule has 0 spiro atoms. The number of nitrogens with zero attached hydrogens (tertiary/aromatic N) is 3. The van der Waals surface area contributed by atoms with Crippen LogP contribution in [0.3, 0.4) is 0 Å². The van der Waals surface area contributed by atoms with E-state index in [1.807, 2.05) is 4.90 Å². The van der Waals surface area contributed by atoms with E-state index in [0.29, 0.717) is 36.6 Å². The van der Waals surface area contributed by atoms with Crippen molar-refractivity contribution < 1.29 is 14.4 Å². The Labute approximate surface area is 102 Å². The molecule has 1 aromatic carbocycles. The zero-order chi connectivity index (χ0) is 12.7. The van der Waals surface area contributed by atoms with E-state index in [9.17, 15) is 15.2 Å². The number of hydrogen-bond donors (Lipinski definition) is 1. The largest absolute Gasteiger partial charge is 0.423 e. The summed E-state index contributed by atoms with van der Waals surface area (Å²) < 4.78 is 5.52. The molecule has 3 rings (SSSR count). The Bertz CT molecular complexity index is 609. The topological polar surface area (TPSA) is 92.6 Å². The number of nitro benzene ring substituents is 1. The number of nitro groups is 1. The molecule has 94 valence electrons. The zero-order valence-electron chi connectivity index (χ0n) is 9.44. The second-order valence-electron chi connectivity index (χ2n) is 4.29. The van der Waals surface area contributed by atoms with Gasteiger partial charge >= 0.3 is 0 Å². The van der Waals surface area contributed by atoms with Gasteiger partial charge in [-0.15, -0.1) is 0 Å². The fraction of sp³-hybridized carbons (Fsp3) is 0.364. The highest BCUT2D eigenvalue weighted by Gasteiger charge is 2.24. The van der Waals surface area contributed by atoms with Crippen LogP contribution in [-0.2, 0) is 0 Å². The molecule has 7 nitrogen and oxygen atoms in total. The summed E-state index contributed by atoms with van der Waals surface area (Å²) in [5, 5.41) is 20.1. The molecule has 1 atom stereocenters. The lowest BCUT2D eigenvalue weighted by atomic mass is 10.3. The third kappa shape index (κ3) is 1.78. The summed E-state index contributed by atoms with van der Waals surface area (Å²) in [6.45, 7) is 1.16. The molecule has 0 radical (unpaired) electrons. The van der Waals surface area contributed by atoms with Gasteiger partial charge in [0, 0.05) is 25.2 Å². The molecule has 0 aliphatic carbocycles. The van der Waals surface area contributed by atoms with Gasteiger partial charge in [-0.05, 0) is 12.5 Å². The number of hydrogen-bond acceptors (Lipinski definition) is 6. The molecule has 1 fully saturated rings. The van der Waals surface area contributed by atoms with Crippen molar-refractivity contribution in [1.82, 2.24) is 4.98 Å². The van der Waals surface area contributed by atoms with Gasteiger partial charge in [0.2, 0.25) is 0 Å². The van der Waals surface area contributed by atoms with Crippen molar-refractivity contribution >= 4 is 22.8 Å². The zero-order valence-corrected chi connectivity index (χ0v) is 9.44. The predicted molar refractivity (Wildman–Crippen MR) is 63.5 cm³/mol. The molecular formula is C11H11N3O4. The van der Waals surface area contributed by atoms with Crippen LogP contribution in [0.5, 0.6) is 0 Å². The van der Waals surface area contributed by atoms with Crippen molar-refractivity contribution in [2.24, 2.45) is 0 Å². The van der Waals surface area contributed by atoms with E-state index in [-0.39, 0.29) is 11.8 Å². The Morgan fingerprint density at radius 1 is 1.56 bits per heavy atom. The van der Waals surface area contributed by atoms with Crippen molar-refractivity contribution in [3.05, 3.63) is 28.3 Å². The number of β-amino-alcohol motifs (C(OH)–C–C–N with tert-alkyl or cyclic N) is 1. The average Bonchev–Trinajstić information content (AvgIpc) is 2.93. The maximum absolute atomic E-state index is 10.7. The van der Waals surface area contributed by atoms with Gasteiger partial charge in [0.15, 0.2) is 5.58 Å². The molecule has 1 aromatic heterocycles. The summed E-state index contributed by atoms with van der Waals surface area (Å²) in [4.78, 5) is 16.2. The molecule has 0 saturated carbocycles. The van der Waals surface area contributed by atoms with Crippen LogP contribution in [0.25, 0.3) is 11.1 Å². The molecule has 18 heavy (non-hydrogen) atoms. The number of rotatable bonds is 2.